The number of allylic oxidation sites excluding steroid dienone is 5. The number of carbonyl (C=O) groups is 1. The van der Waals surface area contributed by atoms with Gasteiger partial charge in [0.25, 0.3) is 0 Å². The van der Waals surface area contributed by atoms with Crippen LogP contribution >= 0.6 is 0 Å². The summed E-state index contributed by atoms with van der Waals surface area (Å²) in [6.45, 7) is 11.6. The van der Waals surface area contributed by atoms with Crippen LogP contribution < -0.4 is 0 Å². The van der Waals surface area contributed by atoms with Gasteiger partial charge in [-0.3, -0.25) is 4.79 Å². The predicted octanol–water partition coefficient (Wildman–Crippen LogP) is 3.29. The van der Waals surface area contributed by atoms with Crippen molar-refractivity contribution in [3.05, 3.63) is 36.0 Å². The maximum absolute atomic E-state index is 11.3. The molecule has 0 heterocycles. The summed E-state index contributed by atoms with van der Waals surface area (Å²) < 4.78 is 0. The van der Waals surface area contributed by atoms with Gasteiger partial charge in [-0.15, -0.1) is 0 Å². The molecule has 0 radical (unpaired) electrons. The van der Waals surface area contributed by atoms with Gasteiger partial charge in [-0.05, 0) is 31.4 Å². The van der Waals surface area contributed by atoms with Gasteiger partial charge in [0.2, 0.25) is 0 Å². The lowest BCUT2D eigenvalue weighted by Crippen LogP contribution is -1.95. The molecule has 72 valence electrons. The zero-order valence-corrected chi connectivity index (χ0v) is 8.92. The fourth-order valence-electron chi connectivity index (χ4n) is 0.649. The minimum atomic E-state index is 0.0595. The normalized spacial score (nSPS) is 12.5. The minimum Gasteiger partial charge on any atom is -0.290 e. The lowest BCUT2D eigenvalue weighted by Gasteiger charge is -2.02. The first kappa shape index (κ1) is 11.9. The summed E-state index contributed by atoms with van der Waals surface area (Å²) in [7, 11) is 0. The topological polar surface area (TPSA) is 17.1 Å². The lowest BCUT2D eigenvalue weighted by atomic mass is 10.0. The van der Waals surface area contributed by atoms with Gasteiger partial charge in [0.05, 0.1) is 0 Å². The molecule has 0 aromatic heterocycles. The molecule has 0 atom stereocenters. The van der Waals surface area contributed by atoms with Crippen molar-refractivity contribution < 1.29 is 4.79 Å². The van der Waals surface area contributed by atoms with Crippen LogP contribution in [0, 0.1) is 5.92 Å². The molecule has 0 unspecified atom stereocenters. The Hall–Kier alpha value is -1.11. The molecule has 0 aliphatic heterocycles. The highest BCUT2D eigenvalue weighted by atomic mass is 16.1. The van der Waals surface area contributed by atoms with Gasteiger partial charge in [-0.1, -0.05) is 38.2 Å². The van der Waals surface area contributed by atoms with E-state index in [-0.39, 0.29) is 5.78 Å². The van der Waals surface area contributed by atoms with Gasteiger partial charge in [0.1, 0.15) is 0 Å². The predicted molar refractivity (Wildman–Crippen MR) is 57.6 cm³/mol. The van der Waals surface area contributed by atoms with Gasteiger partial charge in [0, 0.05) is 0 Å². The van der Waals surface area contributed by atoms with E-state index in [0.29, 0.717) is 5.92 Å². The van der Waals surface area contributed by atoms with Gasteiger partial charge in [-0.2, -0.15) is 0 Å². The number of carbonyl (C=O) groups excluding carboxylic acids is 1. The van der Waals surface area contributed by atoms with Crippen LogP contribution in [0.4, 0.5) is 0 Å². The van der Waals surface area contributed by atoms with E-state index in [0.717, 1.165) is 11.1 Å². The Morgan fingerprint density at radius 2 is 1.85 bits per heavy atom. The quantitative estimate of drug-likeness (QED) is 0.477. The van der Waals surface area contributed by atoms with E-state index in [1.807, 2.05) is 19.9 Å². The van der Waals surface area contributed by atoms with E-state index in [4.69, 9.17) is 0 Å². The monoisotopic (exact) mass is 178 g/mol. The van der Waals surface area contributed by atoms with Crippen LogP contribution in [0.1, 0.15) is 27.7 Å². The molecule has 1 heteroatoms. The molecule has 13 heavy (non-hydrogen) atoms. The zero-order valence-electron chi connectivity index (χ0n) is 8.92. The number of hydrogen-bond donors (Lipinski definition) is 0. The molecule has 0 saturated heterocycles. The molecule has 0 spiro atoms. The van der Waals surface area contributed by atoms with Crippen molar-refractivity contribution in [2.24, 2.45) is 5.92 Å². The van der Waals surface area contributed by atoms with Crippen LogP contribution in [0.25, 0.3) is 0 Å². The molecule has 0 aliphatic rings. The summed E-state index contributed by atoms with van der Waals surface area (Å²) in [4.78, 5) is 11.3. The van der Waals surface area contributed by atoms with Gasteiger partial charge in [-0.25, -0.2) is 0 Å². The van der Waals surface area contributed by atoms with Gasteiger partial charge < -0.3 is 0 Å². The first-order valence-electron chi connectivity index (χ1n) is 4.53. The molecule has 0 aromatic carbocycles. The fraction of sp³-hybridized carbons (Fsp3) is 0.417. The molecular formula is C12H18O. The summed E-state index contributed by atoms with van der Waals surface area (Å²) in [6, 6.07) is 0. The first-order valence-corrected chi connectivity index (χ1v) is 4.53. The molecule has 0 amide bonds. The average Bonchev–Trinajstić information content (AvgIpc) is 2.11. The van der Waals surface area contributed by atoms with Crippen LogP contribution in [0.3, 0.4) is 0 Å². The van der Waals surface area contributed by atoms with Crippen molar-refractivity contribution in [3.8, 4) is 0 Å². The lowest BCUT2D eigenvalue weighted by molar-refractivity contribution is -0.111. The van der Waals surface area contributed by atoms with Crippen molar-refractivity contribution >= 4 is 5.78 Å². The summed E-state index contributed by atoms with van der Waals surface area (Å²) in [5.74, 6) is 0.458. The highest BCUT2D eigenvalue weighted by molar-refractivity contribution is 6.03. The molecule has 0 fully saturated rings. The minimum absolute atomic E-state index is 0.0595. The van der Waals surface area contributed by atoms with Crippen LogP contribution in [0.2, 0.25) is 0 Å². The number of rotatable bonds is 4. The fourth-order valence-corrected chi connectivity index (χ4v) is 0.649. The van der Waals surface area contributed by atoms with E-state index in [1.54, 1.807) is 12.2 Å². The van der Waals surface area contributed by atoms with E-state index in [1.165, 1.54) is 0 Å². The Kier molecular flexibility index (Phi) is 5.05. The number of hydrogen-bond acceptors (Lipinski definition) is 1. The summed E-state index contributed by atoms with van der Waals surface area (Å²) >= 11 is 0. The number of ketones is 1. The first-order chi connectivity index (χ1) is 5.99. The van der Waals surface area contributed by atoms with Crippen LogP contribution in [-0.4, -0.2) is 5.78 Å². The molecule has 0 aliphatic carbocycles. The Bertz CT molecular complexity index is 254. The Morgan fingerprint density at radius 1 is 1.31 bits per heavy atom. The molecule has 0 rings (SSSR count). The van der Waals surface area contributed by atoms with Crippen molar-refractivity contribution in [2.75, 3.05) is 0 Å². The average molecular weight is 178 g/mol. The Balaban J connectivity index is 4.29. The molecule has 0 bridgehead atoms. The highest BCUT2D eigenvalue weighted by Gasteiger charge is 1.99. The SMILES string of the molecule is C=C(/C=C\C(=O)/C(C)=C\C)C(C)C. The third-order valence-corrected chi connectivity index (χ3v) is 2.01. The van der Waals surface area contributed by atoms with Crippen molar-refractivity contribution in [1.29, 1.82) is 0 Å². The third-order valence-electron chi connectivity index (χ3n) is 2.01. The largest absolute Gasteiger partial charge is 0.290 e. The third kappa shape index (κ3) is 4.46. The maximum atomic E-state index is 11.3. The molecule has 0 saturated carbocycles. The maximum Gasteiger partial charge on any atom is 0.181 e. The highest BCUT2D eigenvalue weighted by Crippen LogP contribution is 2.08. The van der Waals surface area contributed by atoms with Crippen molar-refractivity contribution in [3.63, 3.8) is 0 Å². The second kappa shape index (κ2) is 5.52. The van der Waals surface area contributed by atoms with Crippen molar-refractivity contribution in [1.82, 2.24) is 0 Å². The van der Waals surface area contributed by atoms with E-state index >= 15 is 0 Å². The standard InChI is InChI=1S/C12H18O/c1-6-10(4)12(13)8-7-11(5)9(2)3/h6-9H,5H2,1-4H3/b8-7-,10-6-. The second-order valence-electron chi connectivity index (χ2n) is 3.40. The van der Waals surface area contributed by atoms with E-state index in [2.05, 4.69) is 20.4 Å². The zero-order chi connectivity index (χ0) is 10.4. The van der Waals surface area contributed by atoms with Crippen LogP contribution in [-0.2, 0) is 4.79 Å². The molecule has 0 aromatic rings. The summed E-state index contributed by atoms with van der Waals surface area (Å²) in [5.41, 5.74) is 1.75. The summed E-state index contributed by atoms with van der Waals surface area (Å²) in [6.07, 6.45) is 5.18. The smallest absolute Gasteiger partial charge is 0.181 e. The van der Waals surface area contributed by atoms with Crippen LogP contribution in [0.15, 0.2) is 36.0 Å². The molecule has 0 N–H and O–H groups in total. The van der Waals surface area contributed by atoms with Crippen LogP contribution in [0.5, 0.6) is 0 Å². The summed E-state index contributed by atoms with van der Waals surface area (Å²) in [5, 5.41) is 0. The molecular weight excluding hydrogens is 160 g/mol. The Labute approximate surface area is 80.8 Å². The van der Waals surface area contributed by atoms with Gasteiger partial charge >= 0.3 is 0 Å². The van der Waals surface area contributed by atoms with Crippen molar-refractivity contribution in [2.45, 2.75) is 27.7 Å². The second-order valence-corrected chi connectivity index (χ2v) is 3.40. The van der Waals surface area contributed by atoms with E-state index < -0.39 is 0 Å². The molecule has 1 nitrogen and oxygen atoms in total. The Morgan fingerprint density at radius 3 is 2.23 bits per heavy atom. The van der Waals surface area contributed by atoms with Gasteiger partial charge in [0.15, 0.2) is 5.78 Å². The van der Waals surface area contributed by atoms with E-state index in [9.17, 15) is 4.79 Å².